The van der Waals surface area contributed by atoms with Crippen LogP contribution >= 0.6 is 8.60 Å². The zero-order valence-electron chi connectivity index (χ0n) is 17.3. The molecule has 0 aliphatic carbocycles. The third kappa shape index (κ3) is 4.72. The lowest BCUT2D eigenvalue weighted by Gasteiger charge is -2.08. The van der Waals surface area contributed by atoms with Gasteiger partial charge in [-0.15, -0.1) is 0 Å². The molecule has 10 heteroatoms. The number of aromatic nitrogens is 3. The average molecular weight is 455 g/mol. The summed E-state index contributed by atoms with van der Waals surface area (Å²) in [4.78, 5) is 35.8. The molecule has 0 fully saturated rings. The predicted octanol–water partition coefficient (Wildman–Crippen LogP) is 3.07. The molecule has 0 unspecified atom stereocenters. The zero-order valence-corrected chi connectivity index (χ0v) is 18.2. The fourth-order valence-electron chi connectivity index (χ4n) is 3.34. The van der Waals surface area contributed by atoms with Crippen molar-refractivity contribution in [1.82, 2.24) is 14.1 Å². The quantitative estimate of drug-likeness (QED) is 0.295. The Hall–Kier alpha value is -3.07. The molecule has 0 bridgehead atoms. The van der Waals surface area contributed by atoms with Crippen LogP contribution in [-0.2, 0) is 16.0 Å². The van der Waals surface area contributed by atoms with E-state index < -0.39 is 8.60 Å². The lowest BCUT2D eigenvalue weighted by molar-refractivity contribution is 0.146. The van der Waals surface area contributed by atoms with E-state index in [1.165, 1.54) is 10.9 Å². The molecule has 0 spiro atoms. The standard InChI is InChI=1S/C22H22N3O6P/c1-29-11-12-30-18-9-7-16(8-10-18)19-13-25(17-5-3-2-4-6-17)21-20(19)22(26)24(14-23-21)15-31-32(27)28/h2-10,13-14,27-28H,11-12,15H2,1H3. The summed E-state index contributed by atoms with van der Waals surface area (Å²) >= 11 is 0. The van der Waals surface area contributed by atoms with E-state index in [2.05, 4.69) is 4.98 Å². The molecule has 9 nitrogen and oxygen atoms in total. The van der Waals surface area contributed by atoms with Gasteiger partial charge in [0.2, 0.25) is 0 Å². The smallest absolute Gasteiger partial charge is 0.328 e. The normalized spacial score (nSPS) is 11.4. The summed E-state index contributed by atoms with van der Waals surface area (Å²) in [7, 11) is -0.974. The van der Waals surface area contributed by atoms with E-state index >= 15 is 0 Å². The predicted molar refractivity (Wildman–Crippen MR) is 121 cm³/mol. The molecule has 0 saturated carbocycles. The van der Waals surface area contributed by atoms with Gasteiger partial charge in [0.25, 0.3) is 5.56 Å². The van der Waals surface area contributed by atoms with Crippen LogP contribution in [-0.4, -0.2) is 44.2 Å². The second-order valence-corrected chi connectivity index (χ2v) is 7.61. The molecular weight excluding hydrogens is 433 g/mol. The minimum Gasteiger partial charge on any atom is -0.491 e. The molecule has 2 N–H and O–H groups in total. The van der Waals surface area contributed by atoms with Gasteiger partial charge in [-0.05, 0) is 29.8 Å². The van der Waals surface area contributed by atoms with Crippen molar-refractivity contribution in [3.05, 3.63) is 77.5 Å². The van der Waals surface area contributed by atoms with E-state index in [9.17, 15) is 4.79 Å². The van der Waals surface area contributed by atoms with Gasteiger partial charge < -0.3 is 23.8 Å². The minimum absolute atomic E-state index is 0.317. The van der Waals surface area contributed by atoms with Crippen molar-refractivity contribution in [1.29, 1.82) is 0 Å². The van der Waals surface area contributed by atoms with Crippen LogP contribution in [0.15, 0.2) is 71.9 Å². The summed E-state index contributed by atoms with van der Waals surface area (Å²) in [6.45, 7) is 0.613. The van der Waals surface area contributed by atoms with Crippen LogP contribution in [0.1, 0.15) is 0 Å². The molecule has 166 valence electrons. The molecule has 2 aromatic heterocycles. The van der Waals surface area contributed by atoms with Crippen LogP contribution in [0, 0.1) is 0 Å². The largest absolute Gasteiger partial charge is 0.491 e. The molecule has 0 saturated heterocycles. The van der Waals surface area contributed by atoms with Gasteiger partial charge in [0, 0.05) is 24.6 Å². The first-order chi connectivity index (χ1) is 15.6. The molecular formula is C22H22N3O6P. The second kappa shape index (κ2) is 10.0. The van der Waals surface area contributed by atoms with Gasteiger partial charge in [-0.3, -0.25) is 13.9 Å². The highest BCUT2D eigenvalue weighted by atomic mass is 31.2. The Kier molecular flexibility index (Phi) is 6.94. The van der Waals surface area contributed by atoms with E-state index in [-0.39, 0.29) is 12.3 Å². The van der Waals surface area contributed by atoms with Gasteiger partial charge in [-0.25, -0.2) is 4.98 Å². The van der Waals surface area contributed by atoms with E-state index in [4.69, 9.17) is 23.8 Å². The lowest BCUT2D eigenvalue weighted by Crippen LogP contribution is -2.21. The summed E-state index contributed by atoms with van der Waals surface area (Å²) in [5.41, 5.74) is 2.50. The van der Waals surface area contributed by atoms with Gasteiger partial charge in [0.1, 0.15) is 25.4 Å². The molecule has 2 aromatic carbocycles. The summed E-state index contributed by atoms with van der Waals surface area (Å²) < 4.78 is 18.5. The fraction of sp³-hybridized carbons (Fsp3) is 0.182. The highest BCUT2D eigenvalue weighted by Crippen LogP contribution is 2.31. The Balaban J connectivity index is 1.81. The number of nitrogens with zero attached hydrogens (tertiary/aromatic N) is 3. The van der Waals surface area contributed by atoms with Crippen LogP contribution in [0.4, 0.5) is 0 Å². The zero-order chi connectivity index (χ0) is 22.5. The number of ether oxygens (including phenoxy) is 2. The molecule has 0 radical (unpaired) electrons. The molecule has 0 aliphatic rings. The van der Waals surface area contributed by atoms with Gasteiger partial charge >= 0.3 is 8.60 Å². The van der Waals surface area contributed by atoms with Crippen molar-refractivity contribution in [2.45, 2.75) is 6.73 Å². The summed E-state index contributed by atoms with van der Waals surface area (Å²) in [5.74, 6) is 0.695. The highest BCUT2D eigenvalue weighted by Gasteiger charge is 2.18. The molecule has 32 heavy (non-hydrogen) atoms. The number of hydrogen-bond acceptors (Lipinski definition) is 7. The van der Waals surface area contributed by atoms with Crippen molar-refractivity contribution in [2.24, 2.45) is 0 Å². The SMILES string of the molecule is COCCOc1ccc(-c2cn(-c3ccccc3)c3ncn(COP(O)O)c(=O)c23)cc1. The van der Waals surface area contributed by atoms with E-state index in [1.54, 1.807) is 7.11 Å². The molecule has 0 atom stereocenters. The Morgan fingerprint density at radius 1 is 1.03 bits per heavy atom. The Morgan fingerprint density at radius 3 is 2.47 bits per heavy atom. The maximum Gasteiger partial charge on any atom is 0.328 e. The van der Waals surface area contributed by atoms with Crippen molar-refractivity contribution in [3.63, 3.8) is 0 Å². The van der Waals surface area contributed by atoms with Crippen molar-refractivity contribution < 1.29 is 23.8 Å². The van der Waals surface area contributed by atoms with Crippen LogP contribution in [0.5, 0.6) is 5.75 Å². The van der Waals surface area contributed by atoms with Crippen molar-refractivity contribution in [2.75, 3.05) is 20.3 Å². The van der Waals surface area contributed by atoms with Gasteiger partial charge in [-0.2, -0.15) is 0 Å². The number of methoxy groups -OCH3 is 1. The van der Waals surface area contributed by atoms with Gasteiger partial charge in [0.05, 0.1) is 12.0 Å². The topological polar surface area (TPSA) is 108 Å². The maximum atomic E-state index is 13.3. The van der Waals surface area contributed by atoms with Crippen molar-refractivity contribution >= 4 is 19.6 Å². The van der Waals surface area contributed by atoms with E-state index in [0.717, 1.165) is 11.3 Å². The average Bonchev–Trinajstić information content (AvgIpc) is 3.20. The fourth-order valence-corrected chi connectivity index (χ4v) is 3.57. The van der Waals surface area contributed by atoms with Gasteiger partial charge in [-0.1, -0.05) is 30.3 Å². The first-order valence-electron chi connectivity index (χ1n) is 9.77. The van der Waals surface area contributed by atoms with E-state index in [1.807, 2.05) is 65.4 Å². The molecule has 4 rings (SSSR count). The highest BCUT2D eigenvalue weighted by molar-refractivity contribution is 7.39. The molecule has 0 amide bonds. The summed E-state index contributed by atoms with van der Waals surface area (Å²) in [5, 5.41) is 0.396. The minimum atomic E-state index is -2.59. The van der Waals surface area contributed by atoms with E-state index in [0.29, 0.717) is 35.6 Å². The first kappa shape index (κ1) is 22.1. The number of para-hydroxylation sites is 1. The number of hydrogen-bond donors (Lipinski definition) is 2. The van der Waals surface area contributed by atoms with Gasteiger partial charge in [0.15, 0.2) is 5.65 Å². The second-order valence-electron chi connectivity index (χ2n) is 6.84. The third-order valence-corrected chi connectivity index (χ3v) is 5.19. The van der Waals surface area contributed by atoms with Crippen LogP contribution in [0.2, 0.25) is 0 Å². The summed E-state index contributed by atoms with van der Waals surface area (Å²) in [6, 6.07) is 17.0. The number of benzene rings is 2. The Bertz CT molecular complexity index is 1240. The molecule has 4 aromatic rings. The third-order valence-electron chi connectivity index (χ3n) is 4.84. The molecule has 0 aliphatic heterocycles. The maximum absolute atomic E-state index is 13.3. The monoisotopic (exact) mass is 455 g/mol. The molecule has 2 heterocycles. The Morgan fingerprint density at radius 2 is 1.78 bits per heavy atom. The van der Waals surface area contributed by atoms with Crippen molar-refractivity contribution in [3.8, 4) is 22.6 Å². The first-order valence-corrected chi connectivity index (χ1v) is 10.9. The lowest BCUT2D eigenvalue weighted by atomic mass is 10.1. The Labute approximate surface area is 185 Å². The summed E-state index contributed by atoms with van der Waals surface area (Å²) in [6.07, 6.45) is 3.20. The van der Waals surface area contributed by atoms with Crippen LogP contribution < -0.4 is 10.3 Å². The number of fused-ring (bicyclic) bond motifs is 1. The van der Waals surface area contributed by atoms with Crippen LogP contribution in [0.3, 0.4) is 0 Å². The van der Waals surface area contributed by atoms with Crippen LogP contribution in [0.25, 0.3) is 27.8 Å². The number of rotatable bonds is 9.